The summed E-state index contributed by atoms with van der Waals surface area (Å²) in [5.74, 6) is 1.12. The van der Waals surface area contributed by atoms with Crippen LogP contribution in [-0.2, 0) is 10.0 Å². The predicted octanol–water partition coefficient (Wildman–Crippen LogP) is 1.91. The summed E-state index contributed by atoms with van der Waals surface area (Å²) >= 11 is 0. The van der Waals surface area contributed by atoms with E-state index in [2.05, 4.69) is 15.3 Å². The number of hydrogen-bond donors (Lipinski definition) is 0. The fourth-order valence-corrected chi connectivity index (χ4v) is 5.42. The molecule has 0 saturated carbocycles. The molecule has 0 N–H and O–H groups in total. The summed E-state index contributed by atoms with van der Waals surface area (Å²) in [5.41, 5.74) is 0.338. The van der Waals surface area contributed by atoms with Gasteiger partial charge >= 0.3 is 0 Å². The number of aryl methyl sites for hydroxylation is 2. The molecule has 1 aliphatic heterocycles. The summed E-state index contributed by atoms with van der Waals surface area (Å²) in [7, 11) is -4.19. The average molecular weight is 503 g/mol. The first kappa shape index (κ1) is 24.2. The van der Waals surface area contributed by atoms with Crippen molar-refractivity contribution in [3.05, 3.63) is 67.5 Å². The second-order valence-corrected chi connectivity index (χ2v) is 10.0. The molecule has 184 valence electrons. The molecular weight excluding hydrogens is 480 g/mol. The Bertz CT molecular complexity index is 1380. The van der Waals surface area contributed by atoms with Crippen molar-refractivity contribution < 1.29 is 18.3 Å². The molecule has 15 heteroatoms. The molecule has 0 amide bonds. The molecule has 1 aromatic carbocycles. The number of piperazine rings is 1. The first-order chi connectivity index (χ1) is 16.5. The van der Waals surface area contributed by atoms with Crippen LogP contribution in [0.2, 0.25) is 0 Å². The van der Waals surface area contributed by atoms with Crippen molar-refractivity contribution in [1.82, 2.24) is 24.3 Å². The maximum absolute atomic E-state index is 13.2. The zero-order valence-corrected chi connectivity index (χ0v) is 20.0. The van der Waals surface area contributed by atoms with E-state index in [1.54, 1.807) is 16.8 Å². The monoisotopic (exact) mass is 502 g/mol. The van der Waals surface area contributed by atoms with Crippen molar-refractivity contribution in [3.8, 4) is 5.82 Å². The van der Waals surface area contributed by atoms with Crippen LogP contribution in [0, 0.1) is 41.0 Å². The minimum atomic E-state index is -4.19. The number of sulfonamides is 1. The lowest BCUT2D eigenvalue weighted by Crippen LogP contribution is -2.49. The highest BCUT2D eigenvalue weighted by Crippen LogP contribution is 2.33. The van der Waals surface area contributed by atoms with E-state index in [4.69, 9.17) is 0 Å². The Morgan fingerprint density at radius 3 is 1.86 bits per heavy atom. The highest BCUT2D eigenvalue weighted by atomic mass is 32.2. The smallest absolute Gasteiger partial charge is 0.280 e. The molecule has 0 spiro atoms. The molecule has 0 aliphatic carbocycles. The largest absolute Gasteiger partial charge is 0.352 e. The standard InChI is InChI=1S/C20H22N8O6S/c1-13-10-14(2)26(23-13)20-5-4-19(21-22-20)24-6-8-25(9-7-24)35(33,34)16-11-17(27(29)30)15(3)18(12-16)28(31)32/h4-5,10-12H,6-9H2,1-3H3. The normalized spacial score (nSPS) is 14.8. The molecule has 0 radical (unpaired) electrons. The molecule has 14 nitrogen and oxygen atoms in total. The number of nitro benzene ring substituents is 2. The molecule has 1 fully saturated rings. The van der Waals surface area contributed by atoms with E-state index < -0.39 is 36.1 Å². The Morgan fingerprint density at radius 1 is 0.857 bits per heavy atom. The van der Waals surface area contributed by atoms with Crippen molar-refractivity contribution >= 4 is 27.2 Å². The fourth-order valence-electron chi connectivity index (χ4n) is 3.95. The SMILES string of the molecule is Cc1cc(C)n(-c2ccc(N3CCN(S(=O)(=O)c4cc([N+](=O)[O-])c(C)c([N+](=O)[O-])c4)CC3)nn2)n1. The zero-order valence-electron chi connectivity index (χ0n) is 19.2. The van der Waals surface area contributed by atoms with E-state index in [1.165, 1.54) is 6.92 Å². The van der Waals surface area contributed by atoms with E-state index in [1.807, 2.05) is 24.8 Å². The van der Waals surface area contributed by atoms with Crippen LogP contribution in [0.25, 0.3) is 5.82 Å². The van der Waals surface area contributed by atoms with Crippen molar-refractivity contribution in [2.24, 2.45) is 0 Å². The van der Waals surface area contributed by atoms with Gasteiger partial charge in [-0.3, -0.25) is 20.2 Å². The molecule has 35 heavy (non-hydrogen) atoms. The Morgan fingerprint density at radius 2 is 1.40 bits per heavy atom. The number of benzene rings is 1. The molecule has 4 rings (SSSR count). The van der Waals surface area contributed by atoms with Gasteiger partial charge in [-0.15, -0.1) is 10.2 Å². The molecule has 2 aromatic heterocycles. The van der Waals surface area contributed by atoms with Gasteiger partial charge < -0.3 is 4.90 Å². The summed E-state index contributed by atoms with van der Waals surface area (Å²) < 4.78 is 29.1. The van der Waals surface area contributed by atoms with Crippen molar-refractivity contribution in [1.29, 1.82) is 0 Å². The van der Waals surface area contributed by atoms with Gasteiger partial charge in [0, 0.05) is 44.0 Å². The minimum Gasteiger partial charge on any atom is -0.352 e. The maximum Gasteiger partial charge on any atom is 0.280 e. The van der Waals surface area contributed by atoms with Crippen molar-refractivity contribution in [2.75, 3.05) is 31.1 Å². The second kappa shape index (κ2) is 8.99. The van der Waals surface area contributed by atoms with Gasteiger partial charge in [-0.1, -0.05) is 0 Å². The quantitative estimate of drug-likeness (QED) is 0.358. The predicted molar refractivity (Wildman–Crippen MR) is 124 cm³/mol. The second-order valence-electron chi connectivity index (χ2n) is 8.08. The van der Waals surface area contributed by atoms with Crippen LogP contribution in [0.3, 0.4) is 0 Å². The topological polar surface area (TPSA) is 170 Å². The van der Waals surface area contributed by atoms with Crippen LogP contribution in [0.4, 0.5) is 17.2 Å². The van der Waals surface area contributed by atoms with Gasteiger partial charge in [0.05, 0.1) is 20.4 Å². The highest BCUT2D eigenvalue weighted by Gasteiger charge is 2.33. The number of anilines is 1. The molecule has 0 bridgehead atoms. The Hall–Kier alpha value is -3.98. The van der Waals surface area contributed by atoms with Crippen LogP contribution >= 0.6 is 0 Å². The lowest BCUT2D eigenvalue weighted by Gasteiger charge is -2.34. The Kier molecular flexibility index (Phi) is 6.21. The van der Waals surface area contributed by atoms with Gasteiger partial charge in [-0.25, -0.2) is 13.1 Å². The Balaban J connectivity index is 1.52. The van der Waals surface area contributed by atoms with Crippen LogP contribution in [0.1, 0.15) is 17.0 Å². The number of nitro groups is 2. The summed E-state index contributed by atoms with van der Waals surface area (Å²) in [5, 5.41) is 35.5. The van der Waals surface area contributed by atoms with Crippen LogP contribution in [-0.4, -0.2) is 68.7 Å². The lowest BCUT2D eigenvalue weighted by atomic mass is 10.1. The third-order valence-electron chi connectivity index (χ3n) is 5.78. The van der Waals surface area contributed by atoms with E-state index >= 15 is 0 Å². The molecule has 0 unspecified atom stereocenters. The lowest BCUT2D eigenvalue weighted by molar-refractivity contribution is -0.395. The number of aromatic nitrogens is 4. The van der Waals surface area contributed by atoms with Crippen molar-refractivity contribution in [3.63, 3.8) is 0 Å². The van der Waals surface area contributed by atoms with Gasteiger partial charge in [0.1, 0.15) is 5.56 Å². The number of hydrogen-bond acceptors (Lipinski definition) is 10. The summed E-state index contributed by atoms with van der Waals surface area (Å²) in [6.45, 7) is 5.73. The van der Waals surface area contributed by atoms with Gasteiger partial charge in [0.15, 0.2) is 11.6 Å². The number of nitrogens with zero attached hydrogens (tertiary/aromatic N) is 8. The van der Waals surface area contributed by atoms with E-state index in [0.717, 1.165) is 27.8 Å². The van der Waals surface area contributed by atoms with E-state index in [0.29, 0.717) is 24.7 Å². The van der Waals surface area contributed by atoms with E-state index in [-0.39, 0.29) is 18.7 Å². The van der Waals surface area contributed by atoms with Crippen molar-refractivity contribution in [2.45, 2.75) is 25.7 Å². The Labute approximate surface area is 200 Å². The van der Waals surface area contributed by atoms with Gasteiger partial charge in [0.2, 0.25) is 10.0 Å². The first-order valence-electron chi connectivity index (χ1n) is 10.5. The van der Waals surface area contributed by atoms with Gasteiger partial charge in [-0.2, -0.15) is 9.40 Å². The summed E-state index contributed by atoms with van der Waals surface area (Å²) in [4.78, 5) is 22.4. The van der Waals surface area contributed by atoms with E-state index in [9.17, 15) is 28.6 Å². The number of rotatable bonds is 6. The van der Waals surface area contributed by atoms with Crippen LogP contribution < -0.4 is 4.90 Å². The molecule has 0 atom stereocenters. The van der Waals surface area contributed by atoms with Gasteiger partial charge in [0.25, 0.3) is 11.4 Å². The molecule has 1 aliphatic rings. The molecular formula is C20H22N8O6S. The first-order valence-corrected chi connectivity index (χ1v) is 12.0. The fraction of sp³-hybridized carbons (Fsp3) is 0.350. The molecule has 3 aromatic rings. The average Bonchev–Trinajstić information content (AvgIpc) is 3.16. The third kappa shape index (κ3) is 4.54. The highest BCUT2D eigenvalue weighted by molar-refractivity contribution is 7.89. The summed E-state index contributed by atoms with van der Waals surface area (Å²) in [6.07, 6.45) is 0. The van der Waals surface area contributed by atoms with Crippen LogP contribution in [0.15, 0.2) is 35.2 Å². The van der Waals surface area contributed by atoms with Gasteiger partial charge in [-0.05, 0) is 39.0 Å². The molecule has 1 saturated heterocycles. The third-order valence-corrected chi connectivity index (χ3v) is 7.66. The minimum absolute atomic E-state index is 0.0682. The maximum atomic E-state index is 13.2. The zero-order chi connectivity index (χ0) is 25.5. The summed E-state index contributed by atoms with van der Waals surface area (Å²) in [6, 6.07) is 7.21. The van der Waals surface area contributed by atoms with Crippen LogP contribution in [0.5, 0.6) is 0 Å². The molecule has 3 heterocycles.